The van der Waals surface area contributed by atoms with Crippen molar-refractivity contribution in [3.8, 4) is 17.2 Å². The maximum absolute atomic E-state index is 12.5. The van der Waals surface area contributed by atoms with Crippen LogP contribution in [0.15, 0.2) is 36.4 Å². The van der Waals surface area contributed by atoms with Gasteiger partial charge < -0.3 is 24.2 Å². The predicted octanol–water partition coefficient (Wildman–Crippen LogP) is 3.71. The smallest absolute Gasteiger partial charge is 0.410 e. The van der Waals surface area contributed by atoms with Gasteiger partial charge in [-0.1, -0.05) is 12.1 Å². The van der Waals surface area contributed by atoms with E-state index in [1.165, 1.54) is 0 Å². The Kier molecular flexibility index (Phi) is 5.74. The van der Waals surface area contributed by atoms with Crippen molar-refractivity contribution in [2.45, 2.75) is 25.8 Å². The molecule has 0 bridgehead atoms. The summed E-state index contributed by atoms with van der Waals surface area (Å²) in [5.74, 6) is 1.54. The SMILES string of the molecule is CCOC(=O)N1CCc2cc(OC)c(OC)cc2[C@@H]1Cc1ccc(O)cc1. The molecule has 0 aromatic heterocycles. The molecule has 1 aliphatic rings. The minimum Gasteiger partial charge on any atom is -0.508 e. The Labute approximate surface area is 159 Å². The predicted molar refractivity (Wildman–Crippen MR) is 102 cm³/mol. The van der Waals surface area contributed by atoms with Crippen LogP contribution in [0.25, 0.3) is 0 Å². The summed E-state index contributed by atoms with van der Waals surface area (Å²) in [7, 11) is 3.22. The van der Waals surface area contributed by atoms with E-state index >= 15 is 0 Å². The van der Waals surface area contributed by atoms with Crippen LogP contribution in [0.4, 0.5) is 4.79 Å². The van der Waals surface area contributed by atoms with Gasteiger partial charge in [-0.25, -0.2) is 4.79 Å². The first kappa shape index (κ1) is 18.9. The molecule has 6 heteroatoms. The number of benzene rings is 2. The van der Waals surface area contributed by atoms with Crippen molar-refractivity contribution < 1.29 is 24.1 Å². The highest BCUT2D eigenvalue weighted by Gasteiger charge is 2.33. The van der Waals surface area contributed by atoms with Gasteiger partial charge in [-0.15, -0.1) is 0 Å². The lowest BCUT2D eigenvalue weighted by atomic mass is 9.88. The molecule has 1 heterocycles. The van der Waals surface area contributed by atoms with E-state index in [2.05, 4.69) is 0 Å². The minimum atomic E-state index is -0.318. The molecule has 2 aromatic rings. The number of ether oxygens (including phenoxy) is 3. The van der Waals surface area contributed by atoms with Gasteiger partial charge in [0, 0.05) is 6.54 Å². The van der Waals surface area contributed by atoms with Crippen molar-refractivity contribution in [2.75, 3.05) is 27.4 Å². The van der Waals surface area contributed by atoms with Gasteiger partial charge >= 0.3 is 6.09 Å². The molecular weight excluding hydrogens is 346 g/mol. The molecule has 144 valence electrons. The number of amides is 1. The van der Waals surface area contributed by atoms with Gasteiger partial charge in [0.05, 0.1) is 26.9 Å². The zero-order chi connectivity index (χ0) is 19.4. The quantitative estimate of drug-likeness (QED) is 0.868. The minimum absolute atomic E-state index is 0.183. The van der Waals surface area contributed by atoms with Crippen molar-refractivity contribution >= 4 is 6.09 Å². The van der Waals surface area contributed by atoms with Gasteiger partial charge in [0.2, 0.25) is 0 Å². The number of nitrogens with zero attached hydrogens (tertiary/aromatic N) is 1. The van der Waals surface area contributed by atoms with Crippen molar-refractivity contribution in [3.63, 3.8) is 0 Å². The van der Waals surface area contributed by atoms with E-state index in [4.69, 9.17) is 14.2 Å². The van der Waals surface area contributed by atoms with Crippen LogP contribution in [0.2, 0.25) is 0 Å². The second-order valence-corrected chi connectivity index (χ2v) is 6.43. The number of phenols is 1. The monoisotopic (exact) mass is 371 g/mol. The fraction of sp³-hybridized carbons (Fsp3) is 0.381. The number of aromatic hydroxyl groups is 1. The second kappa shape index (κ2) is 8.20. The third-order valence-electron chi connectivity index (χ3n) is 4.87. The first-order valence-electron chi connectivity index (χ1n) is 9.03. The number of phenolic OH excluding ortho intramolecular Hbond substituents is 1. The Balaban J connectivity index is 2.02. The van der Waals surface area contributed by atoms with Crippen LogP contribution >= 0.6 is 0 Å². The largest absolute Gasteiger partial charge is 0.508 e. The first-order valence-corrected chi connectivity index (χ1v) is 9.03. The van der Waals surface area contributed by atoms with Crippen molar-refractivity contribution in [3.05, 3.63) is 53.1 Å². The molecule has 6 nitrogen and oxygen atoms in total. The standard InChI is InChI=1S/C21H25NO5/c1-4-27-21(24)22-10-9-15-12-19(25-2)20(26-3)13-17(15)18(22)11-14-5-7-16(23)8-6-14/h5-8,12-13,18,23H,4,9-11H2,1-3H3/t18-/m0/s1. The van der Waals surface area contributed by atoms with Gasteiger partial charge in [0.15, 0.2) is 11.5 Å². The molecule has 1 aliphatic heterocycles. The summed E-state index contributed by atoms with van der Waals surface area (Å²) >= 11 is 0. The fourth-order valence-corrected chi connectivity index (χ4v) is 3.53. The number of fused-ring (bicyclic) bond motifs is 1. The summed E-state index contributed by atoms with van der Waals surface area (Å²) in [6.45, 7) is 2.71. The summed E-state index contributed by atoms with van der Waals surface area (Å²) in [6.07, 6.45) is 1.02. The fourth-order valence-electron chi connectivity index (χ4n) is 3.53. The molecule has 27 heavy (non-hydrogen) atoms. The third-order valence-corrected chi connectivity index (χ3v) is 4.87. The molecule has 2 aromatic carbocycles. The molecule has 1 atom stereocenters. The normalized spacial score (nSPS) is 15.8. The summed E-state index contributed by atoms with van der Waals surface area (Å²) in [5.41, 5.74) is 3.19. The van der Waals surface area contributed by atoms with Crippen LogP contribution in [0.3, 0.4) is 0 Å². The Morgan fingerprint density at radius 1 is 1.15 bits per heavy atom. The van der Waals surface area contributed by atoms with E-state index in [0.717, 1.165) is 23.1 Å². The number of hydrogen-bond acceptors (Lipinski definition) is 5. The van der Waals surface area contributed by atoms with Crippen LogP contribution in [-0.2, 0) is 17.6 Å². The Hall–Kier alpha value is -2.89. The molecule has 3 rings (SSSR count). The van der Waals surface area contributed by atoms with Crippen LogP contribution in [0.1, 0.15) is 29.7 Å². The molecule has 0 spiro atoms. The van der Waals surface area contributed by atoms with Crippen LogP contribution < -0.4 is 9.47 Å². The number of carbonyl (C=O) groups excluding carboxylic acids is 1. The van der Waals surface area contributed by atoms with Crippen LogP contribution in [0.5, 0.6) is 17.2 Å². The zero-order valence-corrected chi connectivity index (χ0v) is 15.9. The molecule has 0 saturated heterocycles. The molecular formula is C21H25NO5. The summed E-state index contributed by atoms with van der Waals surface area (Å²) in [5, 5.41) is 9.54. The van der Waals surface area contributed by atoms with E-state index in [0.29, 0.717) is 31.1 Å². The highest BCUT2D eigenvalue weighted by molar-refractivity contribution is 5.69. The lowest BCUT2D eigenvalue weighted by Gasteiger charge is -2.37. The van der Waals surface area contributed by atoms with Gasteiger partial charge in [-0.05, 0) is 60.7 Å². The maximum Gasteiger partial charge on any atom is 0.410 e. The number of hydrogen-bond donors (Lipinski definition) is 1. The van der Waals surface area contributed by atoms with E-state index in [-0.39, 0.29) is 17.9 Å². The zero-order valence-electron chi connectivity index (χ0n) is 15.9. The lowest BCUT2D eigenvalue weighted by Crippen LogP contribution is -2.41. The molecule has 0 fully saturated rings. The van der Waals surface area contributed by atoms with E-state index in [1.807, 2.05) is 24.3 Å². The number of rotatable bonds is 5. The van der Waals surface area contributed by atoms with Crippen molar-refractivity contribution in [1.29, 1.82) is 0 Å². The molecule has 1 amide bonds. The molecule has 0 radical (unpaired) electrons. The summed E-state index contributed by atoms with van der Waals surface area (Å²) in [4.78, 5) is 14.3. The van der Waals surface area contributed by atoms with Crippen LogP contribution in [0, 0.1) is 0 Å². The highest BCUT2D eigenvalue weighted by atomic mass is 16.6. The lowest BCUT2D eigenvalue weighted by molar-refractivity contribution is 0.0863. The number of methoxy groups -OCH3 is 2. The second-order valence-electron chi connectivity index (χ2n) is 6.43. The van der Waals surface area contributed by atoms with Gasteiger partial charge in [0.25, 0.3) is 0 Å². The maximum atomic E-state index is 12.5. The highest BCUT2D eigenvalue weighted by Crippen LogP contribution is 2.39. The Morgan fingerprint density at radius 3 is 2.44 bits per heavy atom. The number of carbonyl (C=O) groups is 1. The molecule has 0 aliphatic carbocycles. The third kappa shape index (κ3) is 3.94. The van der Waals surface area contributed by atoms with Crippen LogP contribution in [-0.4, -0.2) is 43.5 Å². The van der Waals surface area contributed by atoms with Crippen molar-refractivity contribution in [1.82, 2.24) is 4.90 Å². The van der Waals surface area contributed by atoms with Gasteiger partial charge in [0.1, 0.15) is 5.75 Å². The molecule has 1 N–H and O–H groups in total. The van der Waals surface area contributed by atoms with Crippen molar-refractivity contribution in [2.24, 2.45) is 0 Å². The summed E-state index contributed by atoms with van der Waals surface area (Å²) < 4.78 is 16.2. The van der Waals surface area contributed by atoms with Gasteiger partial charge in [-0.2, -0.15) is 0 Å². The summed E-state index contributed by atoms with van der Waals surface area (Å²) in [6, 6.07) is 10.8. The Bertz CT molecular complexity index is 803. The molecule has 0 unspecified atom stereocenters. The average Bonchev–Trinajstić information content (AvgIpc) is 2.68. The van der Waals surface area contributed by atoms with Gasteiger partial charge in [-0.3, -0.25) is 0 Å². The Morgan fingerprint density at radius 2 is 1.81 bits per heavy atom. The first-order chi connectivity index (χ1) is 13.1. The topological polar surface area (TPSA) is 68.2 Å². The van der Waals surface area contributed by atoms with E-state index < -0.39 is 0 Å². The molecule has 0 saturated carbocycles. The van der Waals surface area contributed by atoms with E-state index in [9.17, 15) is 9.90 Å². The van der Waals surface area contributed by atoms with E-state index in [1.54, 1.807) is 38.2 Å². The average molecular weight is 371 g/mol.